The number of nitrogens with zero attached hydrogens (tertiary/aromatic N) is 3. The van der Waals surface area contributed by atoms with Gasteiger partial charge in [0.2, 0.25) is 5.91 Å². The van der Waals surface area contributed by atoms with Gasteiger partial charge >= 0.3 is 0 Å². The summed E-state index contributed by atoms with van der Waals surface area (Å²) in [5, 5.41) is 13.1. The van der Waals surface area contributed by atoms with Crippen molar-refractivity contribution in [2.75, 3.05) is 5.75 Å². The Morgan fingerprint density at radius 3 is 2.64 bits per heavy atom. The molecule has 2 aromatic carbocycles. The van der Waals surface area contributed by atoms with E-state index in [1.54, 1.807) is 0 Å². The number of carbonyl (C=O) groups is 1. The molecule has 3 rings (SSSR count). The molecule has 1 atom stereocenters. The summed E-state index contributed by atoms with van der Waals surface area (Å²) in [4.78, 5) is 12.2. The molecule has 28 heavy (non-hydrogen) atoms. The summed E-state index contributed by atoms with van der Waals surface area (Å²) < 4.78 is 1.98. The lowest BCUT2D eigenvalue weighted by Gasteiger charge is -2.13. The number of aryl methyl sites for hydroxylation is 1. The molecule has 7 heteroatoms. The summed E-state index contributed by atoms with van der Waals surface area (Å²) >= 11 is 7.41. The minimum atomic E-state index is -0.00816. The summed E-state index contributed by atoms with van der Waals surface area (Å²) in [7, 11) is 0. The summed E-state index contributed by atoms with van der Waals surface area (Å²) in [5.74, 6) is 0.993. The number of benzene rings is 2. The smallest absolute Gasteiger partial charge is 0.230 e. The second-order valence-corrected chi connectivity index (χ2v) is 8.03. The van der Waals surface area contributed by atoms with Crippen molar-refractivity contribution in [3.8, 4) is 17.1 Å². The van der Waals surface area contributed by atoms with Crippen molar-refractivity contribution >= 4 is 29.3 Å². The molecule has 1 aromatic heterocycles. The SMILES string of the molecule is CC[C@H](C)NC(=O)CSc1nnc(-c2ccc(Cl)cc2)n1-c1cccc(C)c1. The lowest BCUT2D eigenvalue weighted by atomic mass is 10.2. The van der Waals surface area contributed by atoms with Crippen molar-refractivity contribution in [1.29, 1.82) is 0 Å². The molecule has 0 fully saturated rings. The second kappa shape index (κ2) is 9.26. The summed E-state index contributed by atoms with van der Waals surface area (Å²) in [6.45, 7) is 6.09. The zero-order valence-corrected chi connectivity index (χ0v) is 17.7. The van der Waals surface area contributed by atoms with Gasteiger partial charge in [0, 0.05) is 22.3 Å². The molecule has 0 unspecified atom stereocenters. The Morgan fingerprint density at radius 2 is 1.96 bits per heavy atom. The predicted molar refractivity (Wildman–Crippen MR) is 115 cm³/mol. The fourth-order valence-electron chi connectivity index (χ4n) is 2.70. The maximum atomic E-state index is 12.2. The summed E-state index contributed by atoms with van der Waals surface area (Å²) in [6, 6.07) is 15.8. The van der Waals surface area contributed by atoms with Crippen LogP contribution in [0.15, 0.2) is 53.7 Å². The monoisotopic (exact) mass is 414 g/mol. The molecule has 1 heterocycles. The Balaban J connectivity index is 1.94. The lowest BCUT2D eigenvalue weighted by molar-refractivity contribution is -0.119. The van der Waals surface area contributed by atoms with E-state index < -0.39 is 0 Å². The molecular formula is C21H23ClN4OS. The van der Waals surface area contributed by atoms with Gasteiger partial charge in [0.05, 0.1) is 5.75 Å². The van der Waals surface area contributed by atoms with Crippen LogP contribution in [-0.2, 0) is 4.79 Å². The Labute approximate surface area is 174 Å². The molecule has 0 aliphatic rings. The molecule has 0 spiro atoms. The molecular weight excluding hydrogens is 392 g/mol. The lowest BCUT2D eigenvalue weighted by Crippen LogP contribution is -2.33. The molecule has 0 saturated heterocycles. The number of aromatic nitrogens is 3. The highest BCUT2D eigenvalue weighted by molar-refractivity contribution is 7.99. The normalized spacial score (nSPS) is 12.0. The van der Waals surface area contributed by atoms with Gasteiger partial charge in [-0.3, -0.25) is 9.36 Å². The predicted octanol–water partition coefficient (Wildman–Crippen LogP) is 4.90. The van der Waals surface area contributed by atoms with E-state index in [2.05, 4.69) is 21.6 Å². The third-order valence-corrected chi connectivity index (χ3v) is 5.53. The zero-order valence-electron chi connectivity index (χ0n) is 16.1. The molecule has 1 amide bonds. The Kier molecular flexibility index (Phi) is 6.75. The number of hydrogen-bond acceptors (Lipinski definition) is 4. The van der Waals surface area contributed by atoms with Gasteiger partial charge in [-0.15, -0.1) is 10.2 Å². The molecule has 0 aliphatic carbocycles. The van der Waals surface area contributed by atoms with Crippen molar-refractivity contribution in [2.24, 2.45) is 0 Å². The van der Waals surface area contributed by atoms with Gasteiger partial charge in [0.1, 0.15) is 0 Å². The molecule has 0 saturated carbocycles. The number of halogens is 1. The topological polar surface area (TPSA) is 59.8 Å². The number of rotatable bonds is 7. The minimum absolute atomic E-state index is 0.00816. The van der Waals surface area contributed by atoms with Crippen molar-refractivity contribution in [2.45, 2.75) is 38.4 Å². The molecule has 5 nitrogen and oxygen atoms in total. The first-order chi connectivity index (χ1) is 13.5. The third kappa shape index (κ3) is 4.94. The van der Waals surface area contributed by atoms with Crippen LogP contribution < -0.4 is 5.32 Å². The number of carbonyl (C=O) groups excluding carboxylic acids is 1. The van der Waals surface area contributed by atoms with Crippen molar-refractivity contribution in [1.82, 2.24) is 20.1 Å². The average molecular weight is 415 g/mol. The summed E-state index contributed by atoms with van der Waals surface area (Å²) in [5.41, 5.74) is 3.01. The van der Waals surface area contributed by atoms with Gasteiger partial charge in [0.15, 0.2) is 11.0 Å². The van der Waals surface area contributed by atoms with Crippen LogP contribution in [0.1, 0.15) is 25.8 Å². The van der Waals surface area contributed by atoms with Crippen LogP contribution in [0.5, 0.6) is 0 Å². The first-order valence-corrected chi connectivity index (χ1v) is 10.5. The van der Waals surface area contributed by atoms with Crippen molar-refractivity contribution < 1.29 is 4.79 Å². The fourth-order valence-corrected chi connectivity index (χ4v) is 3.59. The van der Waals surface area contributed by atoms with Gasteiger partial charge in [-0.1, -0.05) is 42.4 Å². The number of nitrogens with one attached hydrogen (secondary N) is 1. The minimum Gasteiger partial charge on any atom is -0.353 e. The standard InChI is InChI=1S/C21H23ClN4OS/c1-4-15(3)23-19(27)13-28-21-25-24-20(16-8-10-17(22)11-9-16)26(21)18-7-5-6-14(2)12-18/h5-12,15H,4,13H2,1-3H3,(H,23,27)/t15-/m0/s1. The quantitative estimate of drug-likeness (QED) is 0.558. The molecule has 0 bridgehead atoms. The third-order valence-electron chi connectivity index (χ3n) is 4.35. The van der Waals surface area contributed by atoms with Gasteiger partial charge in [-0.25, -0.2) is 0 Å². The maximum Gasteiger partial charge on any atom is 0.230 e. The second-order valence-electron chi connectivity index (χ2n) is 6.65. The van der Waals surface area contributed by atoms with E-state index in [0.29, 0.717) is 16.0 Å². The average Bonchev–Trinajstić information content (AvgIpc) is 3.11. The Bertz CT molecular complexity index is 955. The number of hydrogen-bond donors (Lipinski definition) is 1. The number of amides is 1. The van der Waals surface area contributed by atoms with Gasteiger partial charge in [-0.2, -0.15) is 0 Å². The van der Waals surface area contributed by atoms with Crippen LogP contribution in [-0.4, -0.2) is 32.5 Å². The summed E-state index contributed by atoms with van der Waals surface area (Å²) in [6.07, 6.45) is 0.899. The van der Waals surface area contributed by atoms with E-state index in [1.807, 2.05) is 67.8 Å². The first kappa shape index (κ1) is 20.4. The van der Waals surface area contributed by atoms with E-state index >= 15 is 0 Å². The van der Waals surface area contributed by atoms with Crippen LogP contribution in [0.2, 0.25) is 5.02 Å². The van der Waals surface area contributed by atoms with Crippen LogP contribution in [0.25, 0.3) is 17.1 Å². The highest BCUT2D eigenvalue weighted by Crippen LogP contribution is 2.29. The Morgan fingerprint density at radius 1 is 1.21 bits per heavy atom. The van der Waals surface area contributed by atoms with Gasteiger partial charge < -0.3 is 5.32 Å². The molecule has 1 N–H and O–H groups in total. The van der Waals surface area contributed by atoms with E-state index in [4.69, 9.17) is 11.6 Å². The maximum absolute atomic E-state index is 12.2. The molecule has 146 valence electrons. The van der Waals surface area contributed by atoms with E-state index in [9.17, 15) is 4.79 Å². The highest BCUT2D eigenvalue weighted by Gasteiger charge is 2.18. The van der Waals surface area contributed by atoms with E-state index in [0.717, 1.165) is 23.2 Å². The van der Waals surface area contributed by atoms with E-state index in [1.165, 1.54) is 11.8 Å². The highest BCUT2D eigenvalue weighted by atomic mass is 35.5. The van der Waals surface area contributed by atoms with Crippen LogP contribution >= 0.6 is 23.4 Å². The van der Waals surface area contributed by atoms with Crippen molar-refractivity contribution in [3.05, 3.63) is 59.1 Å². The molecule has 0 radical (unpaired) electrons. The van der Waals surface area contributed by atoms with E-state index in [-0.39, 0.29) is 17.7 Å². The number of thioether (sulfide) groups is 1. The van der Waals surface area contributed by atoms with Crippen molar-refractivity contribution in [3.63, 3.8) is 0 Å². The zero-order chi connectivity index (χ0) is 20.1. The van der Waals surface area contributed by atoms with Gasteiger partial charge in [-0.05, 0) is 62.2 Å². The van der Waals surface area contributed by atoms with Gasteiger partial charge in [0.25, 0.3) is 0 Å². The van der Waals surface area contributed by atoms with Crippen LogP contribution in [0.4, 0.5) is 0 Å². The molecule has 3 aromatic rings. The Hall–Kier alpha value is -2.31. The molecule has 0 aliphatic heterocycles. The largest absolute Gasteiger partial charge is 0.353 e. The van der Waals surface area contributed by atoms with Crippen LogP contribution in [0, 0.1) is 6.92 Å². The van der Waals surface area contributed by atoms with Crippen LogP contribution in [0.3, 0.4) is 0 Å². The fraction of sp³-hybridized carbons (Fsp3) is 0.286. The first-order valence-electron chi connectivity index (χ1n) is 9.18.